The summed E-state index contributed by atoms with van der Waals surface area (Å²) in [6.07, 6.45) is 3.19. The molecule has 11 heteroatoms. The first-order valence-corrected chi connectivity index (χ1v) is 13.4. The Morgan fingerprint density at radius 1 is 1.14 bits per heavy atom. The van der Waals surface area contributed by atoms with E-state index in [0.29, 0.717) is 25.6 Å². The van der Waals surface area contributed by atoms with E-state index in [9.17, 15) is 12.8 Å². The van der Waals surface area contributed by atoms with E-state index in [0.717, 1.165) is 34.3 Å². The molecule has 0 radical (unpaired) electrons. The zero-order valence-corrected chi connectivity index (χ0v) is 21.7. The number of hydrogen-bond donors (Lipinski definition) is 0. The molecule has 2 aromatic carbocycles. The predicted octanol–water partition coefficient (Wildman–Crippen LogP) is 3.31. The smallest absolute Gasteiger partial charge is 0.282 e. The Hall–Kier alpha value is -3.15. The van der Waals surface area contributed by atoms with Crippen LogP contribution in [-0.2, 0) is 17.1 Å². The fourth-order valence-corrected chi connectivity index (χ4v) is 6.20. The molecule has 36 heavy (non-hydrogen) atoms. The van der Waals surface area contributed by atoms with Crippen LogP contribution in [0.15, 0.2) is 54.1 Å². The number of aryl methyl sites for hydroxylation is 2. The zero-order chi connectivity index (χ0) is 25.6. The Bertz CT molecular complexity index is 1490. The predicted molar refractivity (Wildman–Crippen MR) is 135 cm³/mol. The Balaban J connectivity index is 1.53. The molecule has 0 saturated carbocycles. The highest BCUT2D eigenvalue weighted by atomic mass is 32.2. The summed E-state index contributed by atoms with van der Waals surface area (Å²) in [5.74, 6) is 0.134. The molecule has 0 unspecified atom stereocenters. The van der Waals surface area contributed by atoms with Gasteiger partial charge in [0, 0.05) is 44.7 Å². The van der Waals surface area contributed by atoms with Crippen molar-refractivity contribution < 1.29 is 12.8 Å². The molecule has 190 valence electrons. The SMILES string of the molecule is Cc1cc2c(cnn2-c2ccc(F)cc2)cc1[C@H]1CN(S(=O)(=O)c2ncn(C)n2)CCN1CC(C)C. The lowest BCUT2D eigenvalue weighted by Gasteiger charge is -2.42. The number of hydrogen-bond acceptors (Lipinski definition) is 6. The van der Waals surface area contributed by atoms with Gasteiger partial charge in [0.25, 0.3) is 15.2 Å². The maximum absolute atomic E-state index is 13.4. The Labute approximate surface area is 210 Å². The second-order valence-corrected chi connectivity index (χ2v) is 11.6. The van der Waals surface area contributed by atoms with Gasteiger partial charge in [0.05, 0.1) is 17.4 Å². The van der Waals surface area contributed by atoms with Gasteiger partial charge < -0.3 is 0 Å². The van der Waals surface area contributed by atoms with Gasteiger partial charge in [0.2, 0.25) is 0 Å². The molecule has 0 aliphatic carbocycles. The Morgan fingerprint density at radius 3 is 2.56 bits per heavy atom. The lowest BCUT2D eigenvalue weighted by atomic mass is 9.96. The van der Waals surface area contributed by atoms with E-state index in [1.165, 1.54) is 27.4 Å². The van der Waals surface area contributed by atoms with Crippen LogP contribution >= 0.6 is 0 Å². The van der Waals surface area contributed by atoms with Crippen LogP contribution in [0.25, 0.3) is 16.6 Å². The number of fused-ring (bicyclic) bond motifs is 1. The summed E-state index contributed by atoms with van der Waals surface area (Å²) in [5, 5.41) is 9.36. The summed E-state index contributed by atoms with van der Waals surface area (Å²) >= 11 is 0. The third-order valence-electron chi connectivity index (χ3n) is 6.59. The molecule has 9 nitrogen and oxygen atoms in total. The minimum Gasteiger partial charge on any atom is -0.293 e. The van der Waals surface area contributed by atoms with Gasteiger partial charge in [-0.1, -0.05) is 13.8 Å². The maximum atomic E-state index is 13.4. The minimum atomic E-state index is -3.81. The molecule has 0 N–H and O–H groups in total. The summed E-state index contributed by atoms with van der Waals surface area (Å²) in [6, 6.07) is 10.3. The Kier molecular flexibility index (Phi) is 6.39. The fourth-order valence-electron chi connectivity index (χ4n) is 4.89. The van der Waals surface area contributed by atoms with Crippen molar-refractivity contribution in [3.05, 3.63) is 65.9 Å². The highest BCUT2D eigenvalue weighted by Gasteiger charge is 2.37. The van der Waals surface area contributed by atoms with Gasteiger partial charge in [-0.25, -0.2) is 22.5 Å². The number of nitrogens with zero attached hydrogens (tertiary/aromatic N) is 7. The number of aromatic nitrogens is 5. The van der Waals surface area contributed by atoms with Gasteiger partial charge in [-0.15, -0.1) is 5.10 Å². The number of benzene rings is 2. The molecule has 4 aromatic rings. The molecule has 1 saturated heterocycles. The molecule has 0 bridgehead atoms. The minimum absolute atomic E-state index is 0.127. The van der Waals surface area contributed by atoms with Crippen LogP contribution in [0, 0.1) is 18.7 Å². The van der Waals surface area contributed by atoms with Crippen molar-refractivity contribution in [3.63, 3.8) is 0 Å². The molecule has 1 aliphatic heterocycles. The second-order valence-electron chi connectivity index (χ2n) is 9.77. The number of sulfonamides is 1. The van der Waals surface area contributed by atoms with Crippen molar-refractivity contribution >= 4 is 20.9 Å². The molecular weight excluding hydrogens is 481 g/mol. The van der Waals surface area contributed by atoms with Crippen LogP contribution < -0.4 is 0 Å². The van der Waals surface area contributed by atoms with Gasteiger partial charge in [-0.05, 0) is 60.4 Å². The van der Waals surface area contributed by atoms with Gasteiger partial charge in [0.15, 0.2) is 0 Å². The third kappa shape index (κ3) is 4.54. The second kappa shape index (κ2) is 9.38. The number of rotatable bonds is 6. The highest BCUT2D eigenvalue weighted by Crippen LogP contribution is 2.33. The largest absolute Gasteiger partial charge is 0.293 e. The summed E-state index contributed by atoms with van der Waals surface area (Å²) in [6.45, 7) is 8.53. The number of piperazine rings is 1. The first-order chi connectivity index (χ1) is 17.1. The maximum Gasteiger partial charge on any atom is 0.282 e. The van der Waals surface area contributed by atoms with Crippen LogP contribution in [-0.4, -0.2) is 68.3 Å². The van der Waals surface area contributed by atoms with Crippen LogP contribution in [0.2, 0.25) is 0 Å². The van der Waals surface area contributed by atoms with Crippen molar-refractivity contribution in [3.8, 4) is 5.69 Å². The quantitative estimate of drug-likeness (QED) is 0.395. The van der Waals surface area contributed by atoms with E-state index < -0.39 is 10.0 Å². The molecule has 3 heterocycles. The van der Waals surface area contributed by atoms with Crippen molar-refractivity contribution in [1.29, 1.82) is 0 Å². The van der Waals surface area contributed by atoms with E-state index in [1.807, 2.05) is 6.92 Å². The summed E-state index contributed by atoms with van der Waals surface area (Å²) in [4.78, 5) is 6.36. The average molecular weight is 512 g/mol. The van der Waals surface area contributed by atoms with Gasteiger partial charge in [-0.3, -0.25) is 9.58 Å². The van der Waals surface area contributed by atoms with E-state index in [2.05, 4.69) is 46.1 Å². The first-order valence-electron chi connectivity index (χ1n) is 12.0. The Morgan fingerprint density at radius 2 is 1.89 bits per heavy atom. The highest BCUT2D eigenvalue weighted by molar-refractivity contribution is 7.88. The van der Waals surface area contributed by atoms with Crippen LogP contribution in [0.1, 0.15) is 31.0 Å². The molecule has 0 amide bonds. The van der Waals surface area contributed by atoms with Gasteiger partial charge in [-0.2, -0.15) is 9.40 Å². The monoisotopic (exact) mass is 511 g/mol. The van der Waals surface area contributed by atoms with Crippen LogP contribution in [0.5, 0.6) is 0 Å². The van der Waals surface area contributed by atoms with E-state index >= 15 is 0 Å². The zero-order valence-electron chi connectivity index (χ0n) is 20.8. The number of halogens is 1. The third-order valence-corrected chi connectivity index (χ3v) is 8.25. The van der Waals surface area contributed by atoms with Crippen molar-refractivity contribution in [1.82, 2.24) is 33.8 Å². The van der Waals surface area contributed by atoms with E-state index in [1.54, 1.807) is 30.1 Å². The van der Waals surface area contributed by atoms with Crippen LogP contribution in [0.4, 0.5) is 4.39 Å². The summed E-state index contributed by atoms with van der Waals surface area (Å²) in [5.41, 5.74) is 3.80. The molecular formula is C25H30FN7O2S. The van der Waals surface area contributed by atoms with E-state index in [4.69, 9.17) is 0 Å². The molecule has 0 spiro atoms. The van der Waals surface area contributed by atoms with Crippen LogP contribution in [0.3, 0.4) is 0 Å². The molecule has 1 aliphatic rings. The molecule has 1 atom stereocenters. The summed E-state index contributed by atoms with van der Waals surface area (Å²) in [7, 11) is -2.16. The lowest BCUT2D eigenvalue weighted by molar-refractivity contribution is 0.104. The molecule has 2 aromatic heterocycles. The normalized spacial score (nSPS) is 17.9. The topological polar surface area (TPSA) is 89.2 Å². The van der Waals surface area contributed by atoms with Crippen molar-refractivity contribution in [2.75, 3.05) is 26.2 Å². The molecule has 1 fully saturated rings. The average Bonchev–Trinajstić information content (AvgIpc) is 3.45. The van der Waals surface area contributed by atoms with Gasteiger partial charge >= 0.3 is 0 Å². The van der Waals surface area contributed by atoms with Crippen molar-refractivity contribution in [2.24, 2.45) is 13.0 Å². The van der Waals surface area contributed by atoms with E-state index in [-0.39, 0.29) is 17.0 Å². The first kappa shape index (κ1) is 24.5. The van der Waals surface area contributed by atoms with Gasteiger partial charge in [0.1, 0.15) is 12.1 Å². The lowest BCUT2D eigenvalue weighted by Crippen LogP contribution is -2.51. The summed E-state index contributed by atoms with van der Waals surface area (Å²) < 4.78 is 44.7. The standard InChI is InChI=1S/C25H30FN7O2S/c1-17(2)14-31-9-10-32(36(34,35)25-27-16-30(4)29-25)15-24(31)22-12-19-13-28-33(23(19)11-18(22)3)21-7-5-20(26)6-8-21/h5-8,11-13,16-17,24H,9-10,14-15H2,1-4H3/t24-/m1/s1. The fraction of sp³-hybridized carbons (Fsp3) is 0.400. The van der Waals surface area contributed by atoms with Crippen molar-refractivity contribution in [2.45, 2.75) is 32.0 Å². The molecule has 5 rings (SSSR count).